The van der Waals surface area contributed by atoms with E-state index in [1.807, 2.05) is 22.8 Å². The molecule has 0 saturated carbocycles. The molecule has 4 rings (SSSR count). The van der Waals surface area contributed by atoms with Crippen molar-refractivity contribution in [2.24, 2.45) is 5.73 Å². The summed E-state index contributed by atoms with van der Waals surface area (Å²) in [6, 6.07) is 10.9. The normalized spacial score (nSPS) is 11.3. The van der Waals surface area contributed by atoms with Crippen LogP contribution in [-0.4, -0.2) is 31.0 Å². The van der Waals surface area contributed by atoms with Gasteiger partial charge < -0.3 is 14.6 Å². The van der Waals surface area contributed by atoms with Gasteiger partial charge in [-0.25, -0.2) is 4.79 Å². The van der Waals surface area contributed by atoms with Crippen molar-refractivity contribution in [1.82, 2.24) is 19.3 Å². The second-order valence-electron chi connectivity index (χ2n) is 6.34. The van der Waals surface area contributed by atoms with E-state index >= 15 is 0 Å². The molecule has 10 heteroatoms. The molecule has 0 radical (unpaired) electrons. The Balaban J connectivity index is 1.44. The van der Waals surface area contributed by atoms with Gasteiger partial charge in [0.25, 0.3) is 0 Å². The number of aromatic nitrogens is 4. The third-order valence-electron chi connectivity index (χ3n) is 4.37. The zero-order chi connectivity index (χ0) is 20.2. The number of aryl methyl sites for hydroxylation is 1. The fourth-order valence-electron chi connectivity index (χ4n) is 3.02. The molecule has 3 aromatic heterocycles. The first-order valence-corrected chi connectivity index (χ1v) is 10.1. The highest BCUT2D eigenvalue weighted by Gasteiger charge is 2.17. The maximum Gasteiger partial charge on any atom is 0.419 e. The van der Waals surface area contributed by atoms with E-state index in [0.29, 0.717) is 41.2 Å². The Morgan fingerprint density at radius 2 is 1.97 bits per heavy atom. The monoisotopic (exact) mass is 413 g/mol. The van der Waals surface area contributed by atoms with Crippen molar-refractivity contribution >= 4 is 28.8 Å². The average molecular weight is 413 g/mol. The molecule has 0 saturated heterocycles. The Labute approximate surface area is 169 Å². The first-order valence-electron chi connectivity index (χ1n) is 9.10. The number of hydrogen-bond acceptors (Lipinski definition) is 7. The number of rotatable bonds is 9. The summed E-state index contributed by atoms with van der Waals surface area (Å²) in [5.74, 6) is 1.08. The van der Waals surface area contributed by atoms with Crippen molar-refractivity contribution in [1.29, 1.82) is 0 Å². The molecule has 0 fully saturated rings. The standard InChI is InChI=1S/C19H19N5O4S/c20-16(25)8-10-24-17(15-7-3-11-27-15)21-22-18(24)29-12-4-9-23-13-5-1-2-6-14(13)28-19(23)26/h1-3,5-7,11H,4,8-10,12H2,(H2,20,25). The van der Waals surface area contributed by atoms with E-state index in [4.69, 9.17) is 14.6 Å². The molecule has 0 aliphatic rings. The molecule has 0 bridgehead atoms. The average Bonchev–Trinajstić information content (AvgIpc) is 3.42. The van der Waals surface area contributed by atoms with E-state index in [-0.39, 0.29) is 12.2 Å². The van der Waals surface area contributed by atoms with Crippen LogP contribution >= 0.6 is 11.8 Å². The molecular weight excluding hydrogens is 394 g/mol. The smallest absolute Gasteiger partial charge is 0.419 e. The van der Waals surface area contributed by atoms with Gasteiger partial charge in [0.05, 0.1) is 11.8 Å². The lowest BCUT2D eigenvalue weighted by Gasteiger charge is -2.08. The molecule has 29 heavy (non-hydrogen) atoms. The zero-order valence-electron chi connectivity index (χ0n) is 15.5. The van der Waals surface area contributed by atoms with Gasteiger partial charge in [-0.15, -0.1) is 10.2 Å². The molecule has 1 amide bonds. The second kappa shape index (κ2) is 8.39. The number of benzene rings is 1. The van der Waals surface area contributed by atoms with E-state index in [1.165, 1.54) is 11.8 Å². The van der Waals surface area contributed by atoms with Gasteiger partial charge in [-0.05, 0) is 30.7 Å². The van der Waals surface area contributed by atoms with Crippen molar-refractivity contribution in [2.45, 2.75) is 31.1 Å². The molecule has 3 heterocycles. The Morgan fingerprint density at radius 3 is 2.76 bits per heavy atom. The number of para-hydroxylation sites is 2. The molecular formula is C19H19N5O4S. The van der Waals surface area contributed by atoms with Crippen LogP contribution in [0.2, 0.25) is 0 Å². The zero-order valence-corrected chi connectivity index (χ0v) is 16.3. The second-order valence-corrected chi connectivity index (χ2v) is 7.40. The van der Waals surface area contributed by atoms with Crippen molar-refractivity contribution in [3.05, 3.63) is 53.2 Å². The highest BCUT2D eigenvalue weighted by Crippen LogP contribution is 2.25. The molecule has 0 unspecified atom stereocenters. The fourth-order valence-corrected chi connectivity index (χ4v) is 3.91. The summed E-state index contributed by atoms with van der Waals surface area (Å²) < 4.78 is 14.1. The van der Waals surface area contributed by atoms with E-state index in [0.717, 1.165) is 11.9 Å². The van der Waals surface area contributed by atoms with Gasteiger partial charge in [-0.1, -0.05) is 23.9 Å². The van der Waals surface area contributed by atoms with Crippen molar-refractivity contribution in [3.63, 3.8) is 0 Å². The number of nitrogens with two attached hydrogens (primary N) is 1. The van der Waals surface area contributed by atoms with Crippen LogP contribution in [0.5, 0.6) is 0 Å². The van der Waals surface area contributed by atoms with E-state index in [2.05, 4.69) is 10.2 Å². The van der Waals surface area contributed by atoms with E-state index < -0.39 is 5.91 Å². The number of nitrogens with zero attached hydrogens (tertiary/aromatic N) is 4. The molecule has 1 aromatic carbocycles. The maximum absolute atomic E-state index is 12.0. The van der Waals surface area contributed by atoms with Crippen LogP contribution in [0.3, 0.4) is 0 Å². The van der Waals surface area contributed by atoms with Gasteiger partial charge in [0.2, 0.25) is 5.91 Å². The lowest BCUT2D eigenvalue weighted by Crippen LogP contribution is -2.15. The molecule has 0 aliphatic heterocycles. The van der Waals surface area contributed by atoms with Gasteiger partial charge in [-0.2, -0.15) is 0 Å². The summed E-state index contributed by atoms with van der Waals surface area (Å²) in [6.45, 7) is 0.899. The molecule has 2 N–H and O–H groups in total. The molecule has 4 aromatic rings. The van der Waals surface area contributed by atoms with Crippen molar-refractivity contribution < 1.29 is 13.6 Å². The minimum Gasteiger partial charge on any atom is -0.461 e. The summed E-state index contributed by atoms with van der Waals surface area (Å²) in [5.41, 5.74) is 6.67. The van der Waals surface area contributed by atoms with Gasteiger partial charge in [0.1, 0.15) is 0 Å². The minimum absolute atomic E-state index is 0.176. The van der Waals surface area contributed by atoms with Crippen molar-refractivity contribution in [3.8, 4) is 11.6 Å². The van der Waals surface area contributed by atoms with Crippen LogP contribution in [0.4, 0.5) is 0 Å². The summed E-state index contributed by atoms with van der Waals surface area (Å²) in [4.78, 5) is 23.3. The maximum atomic E-state index is 12.0. The summed E-state index contributed by atoms with van der Waals surface area (Å²) >= 11 is 1.50. The lowest BCUT2D eigenvalue weighted by molar-refractivity contribution is -0.118. The van der Waals surface area contributed by atoms with E-state index in [9.17, 15) is 9.59 Å². The molecule has 0 aliphatic carbocycles. The first kappa shape index (κ1) is 19.1. The van der Waals surface area contributed by atoms with Crippen LogP contribution in [0, 0.1) is 0 Å². The number of thioether (sulfide) groups is 1. The molecule has 0 spiro atoms. The predicted octanol–water partition coefficient (Wildman–Crippen LogP) is 2.50. The van der Waals surface area contributed by atoms with Gasteiger partial charge in [0.15, 0.2) is 22.3 Å². The summed E-state index contributed by atoms with van der Waals surface area (Å²) in [7, 11) is 0. The van der Waals surface area contributed by atoms with Crippen LogP contribution in [0.15, 0.2) is 61.4 Å². The van der Waals surface area contributed by atoms with Crippen LogP contribution in [0.1, 0.15) is 12.8 Å². The summed E-state index contributed by atoms with van der Waals surface area (Å²) in [6.07, 6.45) is 2.46. The number of fused-ring (bicyclic) bond motifs is 1. The third kappa shape index (κ3) is 4.11. The SMILES string of the molecule is NC(=O)CCn1c(SCCCn2c(=O)oc3ccccc32)nnc1-c1ccco1. The Hall–Kier alpha value is -3.27. The number of amides is 1. The van der Waals surface area contributed by atoms with Gasteiger partial charge in [0, 0.05) is 25.3 Å². The topological polar surface area (TPSA) is 122 Å². The van der Waals surface area contributed by atoms with Crippen LogP contribution < -0.4 is 11.5 Å². The lowest BCUT2D eigenvalue weighted by atomic mass is 10.3. The number of carbonyl (C=O) groups excluding carboxylic acids is 1. The van der Waals surface area contributed by atoms with Crippen molar-refractivity contribution in [2.75, 3.05) is 5.75 Å². The fraction of sp³-hybridized carbons (Fsp3) is 0.263. The highest BCUT2D eigenvalue weighted by molar-refractivity contribution is 7.99. The molecule has 0 atom stereocenters. The first-order chi connectivity index (χ1) is 14.1. The van der Waals surface area contributed by atoms with Gasteiger partial charge in [-0.3, -0.25) is 13.9 Å². The van der Waals surface area contributed by atoms with Gasteiger partial charge >= 0.3 is 5.76 Å². The van der Waals surface area contributed by atoms with Crippen LogP contribution in [-0.2, 0) is 17.9 Å². The number of furan rings is 1. The number of carbonyl (C=O) groups is 1. The molecule has 9 nitrogen and oxygen atoms in total. The molecule has 150 valence electrons. The summed E-state index contributed by atoms with van der Waals surface area (Å²) in [5, 5.41) is 9.09. The Kier molecular flexibility index (Phi) is 5.52. The largest absolute Gasteiger partial charge is 0.461 e. The highest BCUT2D eigenvalue weighted by atomic mass is 32.2. The number of hydrogen-bond donors (Lipinski definition) is 1. The Bertz CT molecular complexity index is 1180. The quantitative estimate of drug-likeness (QED) is 0.330. The minimum atomic E-state index is -0.397. The van der Waals surface area contributed by atoms with Crippen LogP contribution in [0.25, 0.3) is 22.7 Å². The Morgan fingerprint density at radius 1 is 1.10 bits per heavy atom. The number of primary amides is 1. The van der Waals surface area contributed by atoms with E-state index in [1.54, 1.807) is 29.0 Å². The number of oxazole rings is 1. The third-order valence-corrected chi connectivity index (χ3v) is 5.42. The predicted molar refractivity (Wildman–Crippen MR) is 107 cm³/mol.